The third kappa shape index (κ3) is 8.20. The summed E-state index contributed by atoms with van der Waals surface area (Å²) in [4.78, 5) is 0. The Hall–Kier alpha value is -0.320. The van der Waals surface area contributed by atoms with Crippen LogP contribution in [0.3, 0.4) is 0 Å². The first-order chi connectivity index (χ1) is 13.9. The van der Waals surface area contributed by atoms with Gasteiger partial charge in [-0.3, -0.25) is 0 Å². The van der Waals surface area contributed by atoms with Gasteiger partial charge in [0.25, 0.3) is 0 Å². The van der Waals surface area contributed by atoms with Crippen molar-refractivity contribution in [2.45, 2.75) is 50.1 Å². The van der Waals surface area contributed by atoms with E-state index >= 15 is 0 Å². The average Bonchev–Trinajstić information content (AvgIpc) is 2.73. The summed E-state index contributed by atoms with van der Waals surface area (Å²) in [7, 11) is 0. The van der Waals surface area contributed by atoms with Crippen LogP contribution in [0.1, 0.15) is 25.7 Å². The molecule has 3 aliphatic rings. The summed E-state index contributed by atoms with van der Waals surface area (Å²) in [6.45, 7) is 6.95. The summed E-state index contributed by atoms with van der Waals surface area (Å²) >= 11 is 0. The standard InChI is InChI=1S/C20H36O8/c1-3-17-19(25-5-1)15-23-9-7-21-8-10-24-16-20-18(4-2-6-26-20)28-14-12-22-11-13-27-17/h17-20H,1-16H2/t17-,18-,19-,20-/m1/s1. The topological polar surface area (TPSA) is 73.8 Å². The van der Waals surface area contributed by atoms with Crippen molar-refractivity contribution in [1.82, 2.24) is 0 Å². The summed E-state index contributed by atoms with van der Waals surface area (Å²) in [5, 5.41) is 0. The first-order valence-electron chi connectivity index (χ1n) is 10.7. The highest BCUT2D eigenvalue weighted by atomic mass is 16.6. The third-order valence-corrected chi connectivity index (χ3v) is 5.19. The lowest BCUT2D eigenvalue weighted by Gasteiger charge is -2.32. The van der Waals surface area contributed by atoms with E-state index in [1.807, 2.05) is 0 Å². The largest absolute Gasteiger partial charge is 0.377 e. The normalized spacial score (nSPS) is 36.0. The van der Waals surface area contributed by atoms with E-state index in [1.165, 1.54) is 0 Å². The molecule has 3 fully saturated rings. The Labute approximate surface area is 168 Å². The molecule has 0 bridgehead atoms. The molecule has 0 aliphatic carbocycles. The highest BCUT2D eigenvalue weighted by Gasteiger charge is 2.28. The van der Waals surface area contributed by atoms with Crippen LogP contribution in [0.25, 0.3) is 0 Å². The molecule has 3 aliphatic heterocycles. The van der Waals surface area contributed by atoms with E-state index in [0.717, 1.165) is 38.9 Å². The lowest BCUT2D eigenvalue weighted by molar-refractivity contribution is -0.149. The Morgan fingerprint density at radius 1 is 0.357 bits per heavy atom. The Morgan fingerprint density at radius 2 is 0.750 bits per heavy atom. The second-order valence-corrected chi connectivity index (χ2v) is 7.30. The van der Waals surface area contributed by atoms with Gasteiger partial charge in [-0.15, -0.1) is 0 Å². The van der Waals surface area contributed by atoms with Crippen molar-refractivity contribution >= 4 is 0 Å². The molecule has 0 aromatic carbocycles. The van der Waals surface area contributed by atoms with Crippen LogP contribution in [0.4, 0.5) is 0 Å². The highest BCUT2D eigenvalue weighted by molar-refractivity contribution is 4.76. The SMILES string of the molecule is C1CO[C@@H]2COCCOCCOC[C@H]3OCCC[C@H]3OCCOCCO[C@@H]2C1. The maximum atomic E-state index is 5.98. The first kappa shape index (κ1) is 22.4. The monoisotopic (exact) mass is 404 g/mol. The average molecular weight is 405 g/mol. The predicted octanol–water partition coefficient (Wildman–Crippen LogP) is 1.19. The molecule has 0 N–H and O–H groups in total. The van der Waals surface area contributed by atoms with Gasteiger partial charge in [0.15, 0.2) is 0 Å². The van der Waals surface area contributed by atoms with Gasteiger partial charge in [-0.1, -0.05) is 0 Å². The minimum absolute atomic E-state index is 0.0192. The van der Waals surface area contributed by atoms with E-state index in [4.69, 9.17) is 37.9 Å². The number of fused-ring (bicyclic) bond motifs is 2. The fourth-order valence-corrected chi connectivity index (χ4v) is 3.67. The van der Waals surface area contributed by atoms with E-state index < -0.39 is 0 Å². The maximum absolute atomic E-state index is 5.98. The quantitative estimate of drug-likeness (QED) is 0.596. The first-order valence-corrected chi connectivity index (χ1v) is 10.7. The van der Waals surface area contributed by atoms with Gasteiger partial charge in [-0.05, 0) is 25.7 Å². The van der Waals surface area contributed by atoms with Gasteiger partial charge in [-0.25, -0.2) is 0 Å². The molecule has 3 rings (SSSR count). The summed E-state index contributed by atoms with van der Waals surface area (Å²) in [6, 6.07) is 0. The second kappa shape index (κ2) is 13.8. The predicted molar refractivity (Wildman–Crippen MR) is 101 cm³/mol. The maximum Gasteiger partial charge on any atom is 0.107 e. The van der Waals surface area contributed by atoms with Gasteiger partial charge in [0.1, 0.15) is 12.2 Å². The second-order valence-electron chi connectivity index (χ2n) is 7.30. The Morgan fingerprint density at radius 3 is 1.25 bits per heavy atom. The molecule has 4 atom stereocenters. The Balaban J connectivity index is 1.42. The van der Waals surface area contributed by atoms with E-state index in [-0.39, 0.29) is 24.4 Å². The lowest BCUT2D eigenvalue weighted by Crippen LogP contribution is -2.41. The van der Waals surface area contributed by atoms with Crippen molar-refractivity contribution in [2.75, 3.05) is 79.3 Å². The molecule has 0 aromatic rings. The zero-order chi connectivity index (χ0) is 19.3. The van der Waals surface area contributed by atoms with Gasteiger partial charge in [0.05, 0.1) is 78.3 Å². The lowest BCUT2D eigenvalue weighted by atomic mass is 10.1. The van der Waals surface area contributed by atoms with Gasteiger partial charge in [-0.2, -0.15) is 0 Å². The van der Waals surface area contributed by atoms with Crippen molar-refractivity contribution in [3.05, 3.63) is 0 Å². The smallest absolute Gasteiger partial charge is 0.107 e. The number of ether oxygens (including phenoxy) is 8. The molecule has 0 radical (unpaired) electrons. The van der Waals surface area contributed by atoms with Gasteiger partial charge in [0, 0.05) is 13.2 Å². The molecule has 164 valence electrons. The molecule has 8 nitrogen and oxygen atoms in total. The van der Waals surface area contributed by atoms with Crippen LogP contribution in [0.5, 0.6) is 0 Å². The fourth-order valence-electron chi connectivity index (χ4n) is 3.67. The molecule has 0 amide bonds. The molecule has 0 spiro atoms. The van der Waals surface area contributed by atoms with Crippen molar-refractivity contribution in [2.24, 2.45) is 0 Å². The fraction of sp³-hybridized carbons (Fsp3) is 1.00. The van der Waals surface area contributed by atoms with Crippen LogP contribution >= 0.6 is 0 Å². The van der Waals surface area contributed by atoms with Gasteiger partial charge in [0.2, 0.25) is 0 Å². The van der Waals surface area contributed by atoms with Crippen LogP contribution in [-0.2, 0) is 37.9 Å². The minimum atomic E-state index is -0.0192. The highest BCUT2D eigenvalue weighted by Crippen LogP contribution is 2.19. The van der Waals surface area contributed by atoms with Crippen molar-refractivity contribution < 1.29 is 37.9 Å². The molecule has 8 heteroatoms. The molecule has 0 unspecified atom stereocenters. The molecule has 28 heavy (non-hydrogen) atoms. The van der Waals surface area contributed by atoms with Crippen molar-refractivity contribution in [1.29, 1.82) is 0 Å². The van der Waals surface area contributed by atoms with E-state index in [9.17, 15) is 0 Å². The van der Waals surface area contributed by atoms with Crippen LogP contribution in [0.2, 0.25) is 0 Å². The van der Waals surface area contributed by atoms with Crippen LogP contribution in [0.15, 0.2) is 0 Å². The Bertz CT molecular complexity index is 362. The summed E-state index contributed by atoms with van der Waals surface area (Å²) < 4.78 is 46.3. The van der Waals surface area contributed by atoms with Gasteiger partial charge >= 0.3 is 0 Å². The minimum Gasteiger partial charge on any atom is -0.377 e. The van der Waals surface area contributed by atoms with Crippen LogP contribution in [0, 0.1) is 0 Å². The zero-order valence-corrected chi connectivity index (χ0v) is 16.9. The molecule has 0 saturated carbocycles. The van der Waals surface area contributed by atoms with E-state index in [1.54, 1.807) is 0 Å². The van der Waals surface area contributed by atoms with Crippen LogP contribution < -0.4 is 0 Å². The van der Waals surface area contributed by atoms with Crippen molar-refractivity contribution in [3.63, 3.8) is 0 Å². The van der Waals surface area contributed by atoms with Crippen LogP contribution in [-0.4, -0.2) is 104 Å². The summed E-state index contributed by atoms with van der Waals surface area (Å²) in [5.41, 5.74) is 0. The summed E-state index contributed by atoms with van der Waals surface area (Å²) in [6.07, 6.45) is 4.11. The van der Waals surface area contributed by atoms with Gasteiger partial charge < -0.3 is 37.9 Å². The number of hydrogen-bond donors (Lipinski definition) is 0. The Kier molecular flexibility index (Phi) is 11.0. The third-order valence-electron chi connectivity index (χ3n) is 5.19. The molecule has 3 saturated heterocycles. The molecular formula is C20H36O8. The van der Waals surface area contributed by atoms with Crippen molar-refractivity contribution in [3.8, 4) is 0 Å². The molecular weight excluding hydrogens is 368 g/mol. The van der Waals surface area contributed by atoms with E-state index in [2.05, 4.69) is 0 Å². The zero-order valence-electron chi connectivity index (χ0n) is 16.9. The molecule has 0 aromatic heterocycles. The number of rotatable bonds is 0. The number of hydrogen-bond acceptors (Lipinski definition) is 8. The van der Waals surface area contributed by atoms with E-state index in [0.29, 0.717) is 66.1 Å². The summed E-state index contributed by atoms with van der Waals surface area (Å²) in [5.74, 6) is 0. The molecule has 3 heterocycles.